The van der Waals surface area contributed by atoms with Crippen LogP contribution in [0.2, 0.25) is 0 Å². The number of rotatable bonds is 6. The van der Waals surface area contributed by atoms with Crippen molar-refractivity contribution < 1.29 is 27.0 Å². The summed E-state index contributed by atoms with van der Waals surface area (Å²) in [5.41, 5.74) is 3.67. The van der Waals surface area contributed by atoms with Gasteiger partial charge in [-0.25, -0.2) is 27.5 Å². The smallest absolute Gasteiger partial charge is 0.222 e. The van der Waals surface area contributed by atoms with E-state index in [9.17, 15) is 17.6 Å². The maximum absolute atomic E-state index is 13.9. The Bertz CT molecular complexity index is 1910. The van der Waals surface area contributed by atoms with Crippen LogP contribution in [0, 0.1) is 23.3 Å². The third-order valence-corrected chi connectivity index (χ3v) is 8.03. The van der Waals surface area contributed by atoms with E-state index in [-0.39, 0.29) is 48.2 Å². The van der Waals surface area contributed by atoms with E-state index in [2.05, 4.69) is 25.9 Å². The largest absolute Gasteiger partial charge is 0.475 e. The van der Waals surface area contributed by atoms with Gasteiger partial charge in [-0.3, -0.25) is 0 Å². The number of ether oxygens (including phenoxy) is 2. The first kappa shape index (κ1) is 31.9. The summed E-state index contributed by atoms with van der Waals surface area (Å²) in [6.45, 7) is 0.549. The molecule has 47 heavy (non-hydrogen) atoms. The van der Waals surface area contributed by atoms with Crippen molar-refractivity contribution >= 4 is 39.9 Å². The molecule has 2 aliphatic rings. The Morgan fingerprint density at radius 3 is 1.36 bits per heavy atom. The molecule has 0 saturated heterocycles. The van der Waals surface area contributed by atoms with E-state index in [1.807, 2.05) is 91.0 Å². The fraction of sp³-hybridized carbons (Fsp3) is 0.105. The van der Waals surface area contributed by atoms with Crippen molar-refractivity contribution in [3.05, 3.63) is 176 Å². The van der Waals surface area contributed by atoms with Crippen LogP contribution in [0.15, 0.2) is 130 Å². The van der Waals surface area contributed by atoms with Crippen LogP contribution in [0.1, 0.15) is 45.5 Å². The fourth-order valence-electron chi connectivity index (χ4n) is 5.04. The van der Waals surface area contributed by atoms with Gasteiger partial charge in [0.05, 0.1) is 0 Å². The topological polar surface area (TPSA) is 43.2 Å². The molecular formula is C38H27BrF4N2O2. The molecule has 2 atom stereocenters. The summed E-state index contributed by atoms with van der Waals surface area (Å²) in [5, 5.41) is 0. The normalized spacial score (nSPS) is 17.0. The Kier molecular flexibility index (Phi) is 9.92. The van der Waals surface area contributed by atoms with Crippen LogP contribution < -0.4 is 0 Å². The Balaban J connectivity index is 0.000000172. The monoisotopic (exact) mass is 698 g/mol. The third-order valence-electron chi connectivity index (χ3n) is 7.50. The number of halogens is 5. The standard InChI is InChI=1S/C23H17F2NO.C15H10BrF2NO/c24-19-7-4-8-20(25)22(19)23-26-21(15-27-23)18-13-11-17(12-14-18)10-9-16-5-2-1-3-6-16;16-10-6-4-9(5-7-10)13-8-20-15(19-13)14-11(17)2-1-3-12(14)18/h1-14,21H,15H2;1-7,13H,8H2. The lowest BCUT2D eigenvalue weighted by molar-refractivity contribution is 0.317. The molecule has 4 nitrogen and oxygen atoms in total. The molecule has 0 fully saturated rings. The van der Waals surface area contributed by atoms with Gasteiger partial charge in [-0.2, -0.15) is 0 Å². The average molecular weight is 700 g/mol. The molecule has 0 amide bonds. The van der Waals surface area contributed by atoms with Crippen molar-refractivity contribution in [3.63, 3.8) is 0 Å². The Labute approximate surface area is 277 Å². The molecule has 236 valence electrons. The number of nitrogens with zero attached hydrogens (tertiary/aromatic N) is 2. The van der Waals surface area contributed by atoms with Gasteiger partial charge in [0.25, 0.3) is 0 Å². The average Bonchev–Trinajstić information content (AvgIpc) is 3.76. The van der Waals surface area contributed by atoms with Crippen LogP contribution in [-0.4, -0.2) is 25.0 Å². The van der Waals surface area contributed by atoms with Gasteiger partial charge < -0.3 is 9.47 Å². The molecule has 0 aliphatic carbocycles. The minimum atomic E-state index is -0.671. The van der Waals surface area contributed by atoms with Gasteiger partial charge >= 0.3 is 0 Å². The maximum atomic E-state index is 13.9. The quantitative estimate of drug-likeness (QED) is 0.131. The molecule has 5 aromatic carbocycles. The summed E-state index contributed by atoms with van der Waals surface area (Å²) in [6, 6.07) is 32.5. The lowest BCUT2D eigenvalue weighted by Gasteiger charge is -2.05. The predicted octanol–water partition coefficient (Wildman–Crippen LogP) is 9.90. The van der Waals surface area contributed by atoms with E-state index >= 15 is 0 Å². The number of aliphatic imine (C=N–C) groups is 2. The van der Waals surface area contributed by atoms with E-state index in [1.54, 1.807) is 0 Å². The van der Waals surface area contributed by atoms with E-state index < -0.39 is 23.3 Å². The lowest BCUT2D eigenvalue weighted by Crippen LogP contribution is -2.07. The van der Waals surface area contributed by atoms with Crippen molar-refractivity contribution in [1.82, 2.24) is 0 Å². The van der Waals surface area contributed by atoms with Crippen LogP contribution in [0.25, 0.3) is 12.2 Å². The fourth-order valence-corrected chi connectivity index (χ4v) is 5.30. The van der Waals surface area contributed by atoms with Gasteiger partial charge in [-0.05, 0) is 58.7 Å². The summed E-state index contributed by atoms with van der Waals surface area (Å²) in [7, 11) is 0. The molecule has 2 heterocycles. The first-order valence-electron chi connectivity index (χ1n) is 14.7. The van der Waals surface area contributed by atoms with Crippen LogP contribution in [0.4, 0.5) is 17.6 Å². The molecule has 5 aromatic rings. The highest BCUT2D eigenvalue weighted by Gasteiger charge is 2.27. The minimum absolute atomic E-state index is 0.0173. The van der Waals surface area contributed by atoms with Crippen LogP contribution >= 0.6 is 15.9 Å². The first-order chi connectivity index (χ1) is 22.9. The second-order valence-corrected chi connectivity index (χ2v) is 11.6. The maximum Gasteiger partial charge on any atom is 0.222 e. The van der Waals surface area contributed by atoms with Crippen molar-refractivity contribution in [2.45, 2.75) is 12.1 Å². The van der Waals surface area contributed by atoms with Crippen molar-refractivity contribution in [1.29, 1.82) is 0 Å². The van der Waals surface area contributed by atoms with Crippen LogP contribution in [0.3, 0.4) is 0 Å². The molecule has 9 heteroatoms. The van der Waals surface area contributed by atoms with Gasteiger partial charge in [0.1, 0.15) is 59.7 Å². The predicted molar refractivity (Wildman–Crippen MR) is 179 cm³/mol. The summed E-state index contributed by atoms with van der Waals surface area (Å²) >= 11 is 3.36. The molecule has 7 rings (SSSR count). The van der Waals surface area contributed by atoms with Crippen molar-refractivity contribution in [3.8, 4) is 0 Å². The van der Waals surface area contributed by atoms with Crippen molar-refractivity contribution in [2.24, 2.45) is 9.98 Å². The summed E-state index contributed by atoms with van der Waals surface area (Å²) < 4.78 is 66.9. The number of benzene rings is 5. The van der Waals surface area contributed by atoms with Gasteiger partial charge in [-0.15, -0.1) is 0 Å². The Morgan fingerprint density at radius 1 is 0.511 bits per heavy atom. The highest BCUT2D eigenvalue weighted by molar-refractivity contribution is 9.10. The van der Waals surface area contributed by atoms with Crippen LogP contribution in [-0.2, 0) is 9.47 Å². The third kappa shape index (κ3) is 7.69. The summed E-state index contributed by atoms with van der Waals surface area (Å²) in [5.74, 6) is -2.64. The molecule has 0 saturated carbocycles. The second-order valence-electron chi connectivity index (χ2n) is 10.7. The van der Waals surface area contributed by atoms with E-state index in [0.717, 1.165) is 26.7 Å². The second kappa shape index (κ2) is 14.6. The Hall–Kier alpha value is -5.02. The zero-order chi connectivity index (χ0) is 32.8. The molecular weight excluding hydrogens is 672 g/mol. The molecule has 2 unspecified atom stereocenters. The summed E-state index contributed by atoms with van der Waals surface area (Å²) in [6.07, 6.45) is 4.08. The minimum Gasteiger partial charge on any atom is -0.475 e. The van der Waals surface area contributed by atoms with E-state index in [1.165, 1.54) is 36.4 Å². The van der Waals surface area contributed by atoms with Gasteiger partial charge in [-0.1, -0.05) is 107 Å². The lowest BCUT2D eigenvalue weighted by atomic mass is 10.1. The molecule has 0 spiro atoms. The van der Waals surface area contributed by atoms with Gasteiger partial charge in [0.2, 0.25) is 11.8 Å². The molecule has 0 bridgehead atoms. The molecule has 0 N–H and O–H groups in total. The molecule has 0 radical (unpaired) electrons. The zero-order valence-corrected chi connectivity index (χ0v) is 26.4. The first-order valence-corrected chi connectivity index (χ1v) is 15.5. The van der Waals surface area contributed by atoms with Crippen LogP contribution in [0.5, 0.6) is 0 Å². The van der Waals surface area contributed by atoms with Crippen molar-refractivity contribution in [2.75, 3.05) is 13.2 Å². The van der Waals surface area contributed by atoms with Gasteiger partial charge in [0, 0.05) is 4.47 Å². The highest BCUT2D eigenvalue weighted by Crippen LogP contribution is 2.29. The van der Waals surface area contributed by atoms with E-state index in [0.29, 0.717) is 0 Å². The zero-order valence-electron chi connectivity index (χ0n) is 24.8. The number of hydrogen-bond donors (Lipinski definition) is 0. The molecule has 0 aromatic heterocycles. The van der Waals surface area contributed by atoms with E-state index in [4.69, 9.17) is 9.47 Å². The Morgan fingerprint density at radius 2 is 0.915 bits per heavy atom. The van der Waals surface area contributed by atoms with Gasteiger partial charge in [0.15, 0.2) is 0 Å². The number of hydrogen-bond acceptors (Lipinski definition) is 4. The highest BCUT2D eigenvalue weighted by atomic mass is 79.9. The molecule has 2 aliphatic heterocycles. The SMILES string of the molecule is Fc1cccc(F)c1C1=NC(c2ccc(Br)cc2)CO1.Fc1cccc(F)c1C1=NC(c2ccc(C=Cc3ccccc3)cc2)CO1. The summed E-state index contributed by atoms with van der Waals surface area (Å²) in [4.78, 5) is 8.65.